The molecule has 1 saturated heterocycles. The molecule has 1 aliphatic carbocycles. The highest BCUT2D eigenvalue weighted by Gasteiger charge is 2.58. The van der Waals surface area contributed by atoms with E-state index in [1.54, 1.807) is 7.11 Å². The minimum Gasteiger partial charge on any atom is -0.384 e. The monoisotopic (exact) mass is 226 g/mol. The van der Waals surface area contributed by atoms with E-state index in [1.165, 1.54) is 0 Å². The van der Waals surface area contributed by atoms with Gasteiger partial charge in [0.25, 0.3) is 0 Å². The van der Waals surface area contributed by atoms with Crippen LogP contribution in [0.2, 0.25) is 0 Å². The molecule has 2 rings (SSSR count). The number of hydrogen-bond acceptors (Lipinski definition) is 3. The maximum atomic E-state index is 12.2. The van der Waals surface area contributed by atoms with Gasteiger partial charge in [0, 0.05) is 13.7 Å². The second-order valence-corrected chi connectivity index (χ2v) is 5.17. The van der Waals surface area contributed by atoms with Gasteiger partial charge in [-0.05, 0) is 25.2 Å². The minimum atomic E-state index is -0.173. The Balaban J connectivity index is 1.98. The molecule has 1 heterocycles. The Morgan fingerprint density at radius 1 is 1.62 bits per heavy atom. The Morgan fingerprint density at radius 3 is 2.81 bits per heavy atom. The summed E-state index contributed by atoms with van der Waals surface area (Å²) < 4.78 is 5.13. The van der Waals surface area contributed by atoms with Crippen molar-refractivity contribution in [1.82, 2.24) is 10.2 Å². The molecule has 0 aromatic heterocycles. The molecule has 2 fully saturated rings. The first-order valence-electron chi connectivity index (χ1n) is 6.20. The van der Waals surface area contributed by atoms with Crippen LogP contribution in [0.15, 0.2) is 0 Å². The van der Waals surface area contributed by atoms with Crippen LogP contribution in [0.25, 0.3) is 0 Å². The Kier molecular flexibility index (Phi) is 3.22. The highest BCUT2D eigenvalue weighted by atomic mass is 16.5. The van der Waals surface area contributed by atoms with E-state index >= 15 is 0 Å². The van der Waals surface area contributed by atoms with Gasteiger partial charge < -0.3 is 9.64 Å². The average molecular weight is 226 g/mol. The van der Waals surface area contributed by atoms with Crippen LogP contribution >= 0.6 is 0 Å². The zero-order chi connectivity index (χ0) is 11.8. The second-order valence-electron chi connectivity index (χ2n) is 5.17. The van der Waals surface area contributed by atoms with Crippen LogP contribution in [0.3, 0.4) is 0 Å². The summed E-state index contributed by atoms with van der Waals surface area (Å²) in [5.74, 6) is 0.709. The predicted octanol–water partition coefficient (Wildman–Crippen LogP) is 0.969. The standard InChI is InChI=1S/C12H22N2O2/c1-4-10-13-12(5-6-12)11(15)14(10)7-9(2)8-16-3/h9-10,13H,4-8H2,1-3H3. The first kappa shape index (κ1) is 11.9. The van der Waals surface area contributed by atoms with E-state index in [0.29, 0.717) is 18.4 Å². The quantitative estimate of drug-likeness (QED) is 0.759. The fourth-order valence-electron chi connectivity index (χ4n) is 2.56. The third-order valence-electron chi connectivity index (χ3n) is 3.59. The van der Waals surface area contributed by atoms with Gasteiger partial charge in [-0.15, -0.1) is 0 Å². The number of amides is 1. The SMILES string of the molecule is CCC1NC2(CC2)C(=O)N1CC(C)COC. The van der Waals surface area contributed by atoms with Gasteiger partial charge in [0.05, 0.1) is 18.3 Å². The average Bonchev–Trinajstić information content (AvgIpc) is 2.98. The van der Waals surface area contributed by atoms with Gasteiger partial charge in [-0.25, -0.2) is 0 Å². The van der Waals surface area contributed by atoms with Crippen molar-refractivity contribution >= 4 is 5.91 Å². The molecule has 2 atom stereocenters. The maximum absolute atomic E-state index is 12.2. The van der Waals surface area contributed by atoms with E-state index in [9.17, 15) is 4.79 Å². The lowest BCUT2D eigenvalue weighted by molar-refractivity contribution is -0.131. The molecule has 2 unspecified atom stereocenters. The van der Waals surface area contributed by atoms with Crippen molar-refractivity contribution in [3.05, 3.63) is 0 Å². The highest BCUT2D eigenvalue weighted by molar-refractivity contribution is 5.91. The topological polar surface area (TPSA) is 41.6 Å². The van der Waals surface area contributed by atoms with Gasteiger partial charge in [0.1, 0.15) is 0 Å². The smallest absolute Gasteiger partial charge is 0.244 e. The molecule has 2 aliphatic rings. The lowest BCUT2D eigenvalue weighted by atomic mass is 10.1. The summed E-state index contributed by atoms with van der Waals surface area (Å²) in [6.07, 6.45) is 3.23. The summed E-state index contributed by atoms with van der Waals surface area (Å²) in [5.41, 5.74) is -0.173. The third kappa shape index (κ3) is 1.96. The molecule has 0 aromatic rings. The fourth-order valence-corrected chi connectivity index (χ4v) is 2.56. The Morgan fingerprint density at radius 2 is 2.31 bits per heavy atom. The molecule has 0 bridgehead atoms. The van der Waals surface area contributed by atoms with E-state index in [0.717, 1.165) is 25.8 Å². The van der Waals surface area contributed by atoms with Crippen molar-refractivity contribution in [2.24, 2.45) is 5.92 Å². The number of methoxy groups -OCH3 is 1. The van der Waals surface area contributed by atoms with Crippen molar-refractivity contribution in [2.75, 3.05) is 20.3 Å². The van der Waals surface area contributed by atoms with Gasteiger partial charge in [0.2, 0.25) is 5.91 Å². The van der Waals surface area contributed by atoms with Gasteiger partial charge in [0.15, 0.2) is 0 Å². The molecule has 1 saturated carbocycles. The number of rotatable bonds is 5. The summed E-state index contributed by atoms with van der Waals surface area (Å²) in [5, 5.41) is 3.47. The van der Waals surface area contributed by atoms with Crippen LogP contribution in [0.4, 0.5) is 0 Å². The zero-order valence-corrected chi connectivity index (χ0v) is 10.5. The molecule has 4 heteroatoms. The largest absolute Gasteiger partial charge is 0.384 e. The maximum Gasteiger partial charge on any atom is 0.244 e. The Labute approximate surface area is 97.3 Å². The molecule has 1 N–H and O–H groups in total. The number of carbonyl (C=O) groups is 1. The van der Waals surface area contributed by atoms with Crippen LogP contribution in [0, 0.1) is 5.92 Å². The van der Waals surface area contributed by atoms with Gasteiger partial charge >= 0.3 is 0 Å². The molecule has 1 aliphatic heterocycles. The molecule has 92 valence electrons. The summed E-state index contributed by atoms with van der Waals surface area (Å²) >= 11 is 0. The molecular formula is C12H22N2O2. The van der Waals surface area contributed by atoms with E-state index in [4.69, 9.17) is 4.74 Å². The number of ether oxygens (including phenoxy) is 1. The zero-order valence-electron chi connectivity index (χ0n) is 10.5. The van der Waals surface area contributed by atoms with Gasteiger partial charge in [-0.1, -0.05) is 13.8 Å². The van der Waals surface area contributed by atoms with Crippen molar-refractivity contribution in [1.29, 1.82) is 0 Å². The van der Waals surface area contributed by atoms with Crippen LogP contribution in [-0.4, -0.2) is 42.8 Å². The van der Waals surface area contributed by atoms with Gasteiger partial charge in [-0.3, -0.25) is 10.1 Å². The number of nitrogens with one attached hydrogen (secondary N) is 1. The predicted molar refractivity (Wildman–Crippen MR) is 61.9 cm³/mol. The second kappa shape index (κ2) is 4.34. The fraction of sp³-hybridized carbons (Fsp3) is 0.917. The van der Waals surface area contributed by atoms with Crippen LogP contribution in [-0.2, 0) is 9.53 Å². The number of carbonyl (C=O) groups excluding carboxylic acids is 1. The van der Waals surface area contributed by atoms with Crippen LogP contribution in [0.1, 0.15) is 33.1 Å². The lowest BCUT2D eigenvalue weighted by Gasteiger charge is -2.26. The summed E-state index contributed by atoms with van der Waals surface area (Å²) in [4.78, 5) is 14.2. The summed E-state index contributed by atoms with van der Waals surface area (Å²) in [7, 11) is 1.71. The Bertz CT molecular complexity index is 276. The van der Waals surface area contributed by atoms with Crippen molar-refractivity contribution in [2.45, 2.75) is 44.8 Å². The number of nitrogens with zero attached hydrogens (tertiary/aromatic N) is 1. The molecule has 1 amide bonds. The van der Waals surface area contributed by atoms with E-state index in [2.05, 4.69) is 19.2 Å². The third-order valence-corrected chi connectivity index (χ3v) is 3.59. The number of hydrogen-bond donors (Lipinski definition) is 1. The van der Waals surface area contributed by atoms with Gasteiger partial charge in [-0.2, -0.15) is 0 Å². The van der Waals surface area contributed by atoms with Crippen molar-refractivity contribution < 1.29 is 9.53 Å². The lowest BCUT2D eigenvalue weighted by Crippen LogP contribution is -2.40. The first-order valence-corrected chi connectivity index (χ1v) is 6.20. The molecule has 0 radical (unpaired) electrons. The molecular weight excluding hydrogens is 204 g/mol. The van der Waals surface area contributed by atoms with E-state index in [-0.39, 0.29) is 11.7 Å². The molecule has 4 nitrogen and oxygen atoms in total. The first-order chi connectivity index (χ1) is 7.63. The van der Waals surface area contributed by atoms with Crippen LogP contribution in [0.5, 0.6) is 0 Å². The minimum absolute atomic E-state index is 0.173. The van der Waals surface area contributed by atoms with E-state index in [1.807, 2.05) is 4.90 Å². The normalized spacial score (nSPS) is 28.8. The van der Waals surface area contributed by atoms with Crippen LogP contribution < -0.4 is 5.32 Å². The molecule has 0 aromatic carbocycles. The van der Waals surface area contributed by atoms with Crippen molar-refractivity contribution in [3.8, 4) is 0 Å². The highest BCUT2D eigenvalue weighted by Crippen LogP contribution is 2.42. The summed E-state index contributed by atoms with van der Waals surface area (Å²) in [6.45, 7) is 5.77. The molecule has 16 heavy (non-hydrogen) atoms. The Hall–Kier alpha value is -0.610. The molecule has 1 spiro atoms. The van der Waals surface area contributed by atoms with E-state index < -0.39 is 0 Å². The van der Waals surface area contributed by atoms with Crippen molar-refractivity contribution in [3.63, 3.8) is 0 Å². The summed E-state index contributed by atoms with van der Waals surface area (Å²) in [6, 6.07) is 0.